The van der Waals surface area contributed by atoms with E-state index < -0.39 is 5.41 Å². The number of rotatable bonds is 7. The Hall–Kier alpha value is -3.19. The molecule has 1 aromatic carbocycles. The molecule has 0 bridgehead atoms. The van der Waals surface area contributed by atoms with Gasteiger partial charge in [-0.05, 0) is 57.7 Å². The van der Waals surface area contributed by atoms with Gasteiger partial charge < -0.3 is 11.6 Å². The number of nitrogens with one attached hydrogen (secondary N) is 1. The van der Waals surface area contributed by atoms with Crippen LogP contribution in [0.15, 0.2) is 36.5 Å². The number of nitrogens with two attached hydrogens (primary N) is 2. The lowest BCUT2D eigenvalue weighted by Crippen LogP contribution is -2.31. The molecule has 0 aliphatic heterocycles. The average Bonchev–Trinajstić information content (AvgIpc) is 2.75. The van der Waals surface area contributed by atoms with E-state index in [0.29, 0.717) is 34.5 Å². The van der Waals surface area contributed by atoms with Gasteiger partial charge in [0.1, 0.15) is 11.5 Å². The maximum atomic E-state index is 8.20. The predicted molar refractivity (Wildman–Crippen MR) is 134 cm³/mol. The first-order chi connectivity index (χ1) is 15.5. The fourth-order valence-corrected chi connectivity index (χ4v) is 4.21. The summed E-state index contributed by atoms with van der Waals surface area (Å²) in [5, 5.41) is 8.88. The Balaban J connectivity index is 2.18. The Morgan fingerprint density at radius 3 is 2.52 bits per heavy atom. The van der Waals surface area contributed by atoms with Crippen LogP contribution in [0.2, 0.25) is 5.02 Å². The molecule has 0 fully saturated rings. The molecular weight excluding hydrogens is 434 g/mol. The highest BCUT2D eigenvalue weighted by Gasteiger charge is 2.35. The van der Waals surface area contributed by atoms with Gasteiger partial charge in [0.05, 0.1) is 11.9 Å². The van der Waals surface area contributed by atoms with E-state index in [1.54, 1.807) is 6.20 Å². The van der Waals surface area contributed by atoms with Crippen molar-refractivity contribution in [3.63, 3.8) is 0 Å². The lowest BCUT2D eigenvalue weighted by atomic mass is 9.71. The number of hydrogen-bond acceptors (Lipinski definition) is 6. The van der Waals surface area contributed by atoms with Crippen LogP contribution in [0.4, 0.5) is 5.82 Å². The quantitative estimate of drug-likeness (QED) is 0.347. The van der Waals surface area contributed by atoms with Gasteiger partial charge in [-0.3, -0.25) is 5.41 Å². The molecule has 33 heavy (non-hydrogen) atoms. The Bertz CT molecular complexity index is 1260. The minimum absolute atomic E-state index is 0.180. The van der Waals surface area contributed by atoms with Gasteiger partial charge in [-0.2, -0.15) is 0 Å². The van der Waals surface area contributed by atoms with Gasteiger partial charge in [-0.25, -0.2) is 19.6 Å². The van der Waals surface area contributed by atoms with E-state index in [-0.39, 0.29) is 5.49 Å². The van der Waals surface area contributed by atoms with Crippen molar-refractivity contribution in [1.82, 2.24) is 19.6 Å². The zero-order chi connectivity index (χ0) is 24.5. The van der Waals surface area contributed by atoms with Crippen LogP contribution in [0, 0.1) is 19.3 Å². The van der Waals surface area contributed by atoms with Gasteiger partial charge in [0.2, 0.25) is 0 Å². The third-order valence-electron chi connectivity index (χ3n) is 6.27. The minimum Gasteiger partial charge on any atom is -0.383 e. The van der Waals surface area contributed by atoms with Crippen LogP contribution in [-0.4, -0.2) is 19.6 Å². The third-order valence-corrected chi connectivity index (χ3v) is 6.67. The topological polar surface area (TPSA) is 119 Å². The third kappa shape index (κ3) is 4.50. The van der Waals surface area contributed by atoms with E-state index in [0.717, 1.165) is 40.8 Å². The van der Waals surface area contributed by atoms with Crippen LogP contribution < -0.4 is 17.1 Å². The summed E-state index contributed by atoms with van der Waals surface area (Å²) >= 11 is 6.45. The van der Waals surface area contributed by atoms with E-state index in [1.807, 2.05) is 39.0 Å². The number of benzene rings is 1. The van der Waals surface area contributed by atoms with Crippen molar-refractivity contribution in [2.45, 2.75) is 59.3 Å². The number of allylic oxidation sites excluding steroid dienone is 1. The van der Waals surface area contributed by atoms with Gasteiger partial charge in [0, 0.05) is 21.7 Å². The fraction of sp³-hybridized carbons (Fsp3) is 0.360. The van der Waals surface area contributed by atoms with E-state index in [4.69, 9.17) is 33.6 Å². The highest BCUT2D eigenvalue weighted by molar-refractivity contribution is 6.31. The normalized spacial score (nSPS) is 13.0. The average molecular weight is 466 g/mol. The van der Waals surface area contributed by atoms with E-state index in [1.165, 1.54) is 4.68 Å². The molecule has 7 nitrogen and oxygen atoms in total. The van der Waals surface area contributed by atoms with Gasteiger partial charge >= 0.3 is 0 Å². The summed E-state index contributed by atoms with van der Waals surface area (Å²) in [7, 11) is 0. The summed E-state index contributed by atoms with van der Waals surface area (Å²) in [5.41, 5.74) is 11.5. The van der Waals surface area contributed by atoms with Crippen molar-refractivity contribution >= 4 is 17.4 Å². The highest BCUT2D eigenvalue weighted by atomic mass is 35.5. The standard InChI is InChI=1S/C25H32ClN7/c1-7-8-9-19-23(28)33(29)13-20(31-19)24-30-16(5)21(22(27)32-24)25(6,14(2)3)17-11-10-15(4)18(26)12-17/h10-13,28H,2,7-9,29H2,1,3-6H3,(H2,27,30,32). The molecule has 0 aliphatic rings. The van der Waals surface area contributed by atoms with Gasteiger partial charge in [0.25, 0.3) is 0 Å². The Morgan fingerprint density at radius 1 is 1.24 bits per heavy atom. The number of nitrogen functional groups attached to an aromatic ring is 2. The second-order valence-corrected chi connectivity index (χ2v) is 9.10. The minimum atomic E-state index is -0.636. The molecule has 8 heteroatoms. The van der Waals surface area contributed by atoms with Crippen molar-refractivity contribution in [2.24, 2.45) is 0 Å². The van der Waals surface area contributed by atoms with Crippen LogP contribution in [-0.2, 0) is 11.8 Å². The second kappa shape index (κ2) is 9.35. The summed E-state index contributed by atoms with van der Waals surface area (Å²) in [6.45, 7) is 14.2. The van der Waals surface area contributed by atoms with Crippen molar-refractivity contribution in [2.75, 3.05) is 11.6 Å². The summed E-state index contributed by atoms with van der Waals surface area (Å²) in [4.78, 5) is 14.0. The summed E-state index contributed by atoms with van der Waals surface area (Å²) in [6, 6.07) is 5.97. The fourth-order valence-electron chi connectivity index (χ4n) is 4.03. The molecule has 5 N–H and O–H groups in total. The molecule has 3 aromatic rings. The van der Waals surface area contributed by atoms with Gasteiger partial charge in [-0.1, -0.05) is 49.2 Å². The molecule has 3 rings (SSSR count). The SMILES string of the molecule is C=C(C)C(C)(c1ccc(C)c(Cl)c1)c1c(C)nc(-c2cn(N)c(=N)c(CCCC)n2)nc1N. The Kier molecular flexibility index (Phi) is 6.93. The first kappa shape index (κ1) is 24.5. The molecular formula is C25H32ClN7. The van der Waals surface area contributed by atoms with E-state index in [9.17, 15) is 0 Å². The van der Waals surface area contributed by atoms with Crippen molar-refractivity contribution in [3.8, 4) is 11.5 Å². The van der Waals surface area contributed by atoms with Crippen LogP contribution in [0.3, 0.4) is 0 Å². The predicted octanol–water partition coefficient (Wildman–Crippen LogP) is 4.61. The molecule has 174 valence electrons. The van der Waals surface area contributed by atoms with Crippen LogP contribution in [0.25, 0.3) is 11.5 Å². The molecule has 0 amide bonds. The molecule has 1 atom stereocenters. The molecule has 0 saturated carbocycles. The largest absolute Gasteiger partial charge is 0.383 e. The molecule has 0 aliphatic carbocycles. The second-order valence-electron chi connectivity index (χ2n) is 8.69. The number of unbranched alkanes of at least 4 members (excludes halogenated alkanes) is 1. The van der Waals surface area contributed by atoms with Gasteiger partial charge in [-0.15, -0.1) is 0 Å². The van der Waals surface area contributed by atoms with Gasteiger partial charge in [0.15, 0.2) is 11.3 Å². The molecule has 0 saturated heterocycles. The molecule has 2 heterocycles. The Morgan fingerprint density at radius 2 is 1.94 bits per heavy atom. The maximum absolute atomic E-state index is 8.20. The zero-order valence-electron chi connectivity index (χ0n) is 20.0. The molecule has 1 unspecified atom stereocenters. The summed E-state index contributed by atoms with van der Waals surface area (Å²) in [6.07, 6.45) is 4.13. The van der Waals surface area contributed by atoms with Crippen LogP contribution >= 0.6 is 11.6 Å². The van der Waals surface area contributed by atoms with Crippen molar-refractivity contribution < 1.29 is 0 Å². The zero-order valence-corrected chi connectivity index (χ0v) is 20.7. The highest BCUT2D eigenvalue weighted by Crippen LogP contribution is 2.43. The number of aromatic nitrogens is 4. The number of aryl methyl sites for hydroxylation is 3. The van der Waals surface area contributed by atoms with Crippen LogP contribution in [0.1, 0.15) is 61.7 Å². The molecule has 0 spiro atoms. The first-order valence-corrected chi connectivity index (χ1v) is 11.4. The number of hydrogen-bond donors (Lipinski definition) is 3. The van der Waals surface area contributed by atoms with Crippen LogP contribution in [0.5, 0.6) is 0 Å². The van der Waals surface area contributed by atoms with Crippen molar-refractivity contribution in [1.29, 1.82) is 5.41 Å². The Labute approximate surface area is 200 Å². The number of anilines is 1. The van der Waals surface area contributed by atoms with E-state index >= 15 is 0 Å². The molecule has 0 radical (unpaired) electrons. The van der Waals surface area contributed by atoms with Crippen molar-refractivity contribution in [3.05, 3.63) is 75.1 Å². The lowest BCUT2D eigenvalue weighted by Gasteiger charge is -2.33. The maximum Gasteiger partial charge on any atom is 0.182 e. The number of nitrogens with zero attached hydrogens (tertiary/aromatic N) is 4. The first-order valence-electron chi connectivity index (χ1n) is 11.0. The molecule has 2 aromatic heterocycles. The monoisotopic (exact) mass is 465 g/mol. The summed E-state index contributed by atoms with van der Waals surface area (Å²) in [5.74, 6) is 6.74. The summed E-state index contributed by atoms with van der Waals surface area (Å²) < 4.78 is 1.25. The lowest BCUT2D eigenvalue weighted by molar-refractivity contribution is 0.664. The van der Waals surface area contributed by atoms with E-state index in [2.05, 4.69) is 30.4 Å². The smallest absolute Gasteiger partial charge is 0.182 e. The number of halogens is 1.